The summed E-state index contributed by atoms with van der Waals surface area (Å²) in [7, 11) is 2.44. The van der Waals surface area contributed by atoms with Gasteiger partial charge in [-0.2, -0.15) is 5.26 Å². The lowest BCUT2D eigenvalue weighted by atomic mass is 9.81. The van der Waals surface area contributed by atoms with Gasteiger partial charge in [-0.15, -0.1) is 11.8 Å². The molecule has 1 heterocycles. The molecule has 3 rings (SSSR count). The molecule has 0 radical (unpaired) electrons. The highest BCUT2D eigenvalue weighted by Crippen LogP contribution is 2.43. The average molecular weight is 436 g/mol. The molecular weight excluding hydrogens is 414 g/mol. The minimum atomic E-state index is -0.880. The maximum atomic E-state index is 12.9. The third kappa shape index (κ3) is 4.00. The normalized spacial score (nSPS) is 16.1. The van der Waals surface area contributed by atoms with Gasteiger partial charge >= 0.3 is 11.9 Å². The van der Waals surface area contributed by atoms with Crippen LogP contribution < -0.4 is 10.6 Å². The van der Waals surface area contributed by atoms with Gasteiger partial charge in [0, 0.05) is 10.6 Å². The summed E-state index contributed by atoms with van der Waals surface area (Å²) in [5.41, 5.74) is 7.60. The first-order chi connectivity index (χ1) is 15.0. The van der Waals surface area contributed by atoms with Gasteiger partial charge in [0.25, 0.3) is 0 Å². The monoisotopic (exact) mass is 435 g/mol. The first-order valence-electron chi connectivity index (χ1n) is 9.28. The molecule has 0 aromatic heterocycles. The Hall–Kier alpha value is -3.70. The fourth-order valence-electron chi connectivity index (χ4n) is 3.51. The summed E-state index contributed by atoms with van der Waals surface area (Å²) in [6.45, 7) is 0. The van der Waals surface area contributed by atoms with Crippen molar-refractivity contribution in [2.24, 2.45) is 5.73 Å². The predicted molar refractivity (Wildman–Crippen MR) is 118 cm³/mol. The Bertz CT molecular complexity index is 1100. The number of carbonyl (C=O) groups excluding carboxylic acids is 2. The van der Waals surface area contributed by atoms with Crippen LogP contribution in [0, 0.1) is 11.3 Å². The Balaban J connectivity index is 2.37. The molecule has 7 nitrogen and oxygen atoms in total. The number of anilines is 1. The zero-order valence-corrected chi connectivity index (χ0v) is 18.1. The molecule has 1 aliphatic rings. The molecule has 2 aromatic carbocycles. The van der Waals surface area contributed by atoms with Gasteiger partial charge in [0.1, 0.15) is 11.5 Å². The summed E-state index contributed by atoms with van der Waals surface area (Å²) in [5, 5.41) is 9.99. The molecule has 2 N–H and O–H groups in total. The summed E-state index contributed by atoms with van der Waals surface area (Å²) >= 11 is 1.56. The van der Waals surface area contributed by atoms with Gasteiger partial charge in [-0.05, 0) is 36.1 Å². The average Bonchev–Trinajstić information content (AvgIpc) is 2.82. The Morgan fingerprint density at radius 2 is 1.65 bits per heavy atom. The Morgan fingerprint density at radius 3 is 2.16 bits per heavy atom. The van der Waals surface area contributed by atoms with Gasteiger partial charge in [-0.1, -0.05) is 30.3 Å². The Kier molecular flexibility index (Phi) is 6.68. The number of thioether (sulfide) groups is 1. The first kappa shape index (κ1) is 22.0. The molecule has 0 saturated carbocycles. The van der Waals surface area contributed by atoms with E-state index < -0.39 is 17.9 Å². The second-order valence-corrected chi connectivity index (χ2v) is 7.41. The second kappa shape index (κ2) is 9.41. The molecule has 0 fully saturated rings. The number of nitriles is 1. The largest absolute Gasteiger partial charge is 0.466 e. The standard InChI is InChI=1S/C23H21N3O4S/c1-29-22(27)19-18(14-7-5-4-6-8-14)17(13-24)21(25)26(20(19)23(28)30-2)15-9-11-16(31-3)12-10-15/h4-12,18H,25H2,1-3H3. The van der Waals surface area contributed by atoms with E-state index in [0.717, 1.165) is 4.90 Å². The van der Waals surface area contributed by atoms with Gasteiger partial charge in [0.15, 0.2) is 0 Å². The van der Waals surface area contributed by atoms with Crippen molar-refractivity contribution in [2.75, 3.05) is 25.4 Å². The van der Waals surface area contributed by atoms with Crippen molar-refractivity contribution >= 4 is 29.4 Å². The van der Waals surface area contributed by atoms with Crippen LogP contribution in [-0.2, 0) is 19.1 Å². The molecule has 0 aliphatic carbocycles. The zero-order chi connectivity index (χ0) is 22.5. The van der Waals surface area contributed by atoms with E-state index >= 15 is 0 Å². The topological polar surface area (TPSA) is 106 Å². The van der Waals surface area contributed by atoms with Crippen LogP contribution in [0.5, 0.6) is 0 Å². The van der Waals surface area contributed by atoms with Crippen molar-refractivity contribution in [1.29, 1.82) is 5.26 Å². The molecular formula is C23H21N3O4S. The van der Waals surface area contributed by atoms with Crippen LogP contribution in [0.3, 0.4) is 0 Å². The summed E-state index contributed by atoms with van der Waals surface area (Å²) in [4.78, 5) is 28.2. The van der Waals surface area contributed by atoms with Crippen LogP contribution in [0.2, 0.25) is 0 Å². The van der Waals surface area contributed by atoms with Crippen LogP contribution in [0.25, 0.3) is 0 Å². The molecule has 0 bridgehead atoms. The summed E-state index contributed by atoms with van der Waals surface area (Å²) in [6.07, 6.45) is 1.94. The number of nitrogens with two attached hydrogens (primary N) is 1. The van der Waals surface area contributed by atoms with E-state index in [0.29, 0.717) is 11.3 Å². The van der Waals surface area contributed by atoms with E-state index in [1.165, 1.54) is 19.1 Å². The van der Waals surface area contributed by atoms with Crippen LogP contribution in [0.15, 0.2) is 82.2 Å². The number of carbonyl (C=O) groups is 2. The quantitative estimate of drug-likeness (QED) is 0.563. The molecule has 31 heavy (non-hydrogen) atoms. The lowest BCUT2D eigenvalue weighted by molar-refractivity contribution is -0.139. The first-order valence-corrected chi connectivity index (χ1v) is 10.5. The number of ether oxygens (including phenoxy) is 2. The fourth-order valence-corrected chi connectivity index (χ4v) is 3.92. The number of hydrogen-bond donors (Lipinski definition) is 1. The zero-order valence-electron chi connectivity index (χ0n) is 17.3. The molecule has 1 aliphatic heterocycles. The molecule has 0 saturated heterocycles. The molecule has 1 atom stereocenters. The van der Waals surface area contributed by atoms with Crippen LogP contribution in [0.1, 0.15) is 11.5 Å². The lowest BCUT2D eigenvalue weighted by Crippen LogP contribution is -2.40. The number of rotatable bonds is 5. The smallest absolute Gasteiger partial charge is 0.355 e. The highest BCUT2D eigenvalue weighted by atomic mass is 32.2. The number of methoxy groups -OCH3 is 2. The van der Waals surface area contributed by atoms with Gasteiger partial charge in [-0.25, -0.2) is 9.59 Å². The predicted octanol–water partition coefficient (Wildman–Crippen LogP) is 3.31. The van der Waals surface area contributed by atoms with Crippen molar-refractivity contribution in [1.82, 2.24) is 0 Å². The molecule has 0 spiro atoms. The van der Waals surface area contributed by atoms with Crippen molar-refractivity contribution in [3.8, 4) is 6.07 Å². The second-order valence-electron chi connectivity index (χ2n) is 6.53. The summed E-state index contributed by atoms with van der Waals surface area (Å²) < 4.78 is 10.0. The van der Waals surface area contributed by atoms with E-state index in [2.05, 4.69) is 6.07 Å². The highest BCUT2D eigenvalue weighted by molar-refractivity contribution is 7.98. The van der Waals surface area contributed by atoms with Crippen molar-refractivity contribution in [2.45, 2.75) is 10.8 Å². The van der Waals surface area contributed by atoms with Crippen molar-refractivity contribution in [3.63, 3.8) is 0 Å². The number of nitrogens with zero attached hydrogens (tertiary/aromatic N) is 2. The maximum absolute atomic E-state index is 12.9. The SMILES string of the molecule is COC(=O)C1=C(C(=O)OC)N(c2ccc(SC)cc2)C(N)=C(C#N)C1c1ccccc1. The Morgan fingerprint density at radius 1 is 1.03 bits per heavy atom. The van der Waals surface area contributed by atoms with Crippen molar-refractivity contribution < 1.29 is 19.1 Å². The highest BCUT2D eigenvalue weighted by Gasteiger charge is 2.42. The van der Waals surface area contributed by atoms with Gasteiger partial charge in [0.2, 0.25) is 0 Å². The summed E-state index contributed by atoms with van der Waals surface area (Å²) in [5.74, 6) is -2.36. The van der Waals surface area contributed by atoms with Gasteiger partial charge in [-0.3, -0.25) is 4.90 Å². The minimum absolute atomic E-state index is 0.0137. The van der Waals surface area contributed by atoms with E-state index in [4.69, 9.17) is 15.2 Å². The number of allylic oxidation sites excluding steroid dienone is 1. The van der Waals surface area contributed by atoms with Crippen LogP contribution in [-0.4, -0.2) is 32.4 Å². The Labute approximate surface area is 184 Å². The summed E-state index contributed by atoms with van der Waals surface area (Å²) in [6, 6.07) is 18.2. The van der Waals surface area contributed by atoms with E-state index in [-0.39, 0.29) is 22.7 Å². The van der Waals surface area contributed by atoms with E-state index in [1.807, 2.05) is 24.5 Å². The van der Waals surface area contributed by atoms with Gasteiger partial charge < -0.3 is 15.2 Å². The molecule has 0 amide bonds. The molecule has 158 valence electrons. The van der Waals surface area contributed by atoms with E-state index in [9.17, 15) is 14.9 Å². The van der Waals surface area contributed by atoms with Crippen LogP contribution in [0.4, 0.5) is 5.69 Å². The third-order valence-electron chi connectivity index (χ3n) is 4.94. The number of benzene rings is 2. The minimum Gasteiger partial charge on any atom is -0.466 e. The third-order valence-corrected chi connectivity index (χ3v) is 5.68. The van der Waals surface area contributed by atoms with Gasteiger partial charge in [0.05, 0.1) is 37.4 Å². The molecule has 8 heteroatoms. The lowest BCUT2D eigenvalue weighted by Gasteiger charge is -2.35. The molecule has 2 aromatic rings. The van der Waals surface area contributed by atoms with Crippen LogP contribution >= 0.6 is 11.8 Å². The van der Waals surface area contributed by atoms with E-state index in [1.54, 1.807) is 48.2 Å². The fraction of sp³-hybridized carbons (Fsp3) is 0.174. The maximum Gasteiger partial charge on any atom is 0.355 e. The molecule has 1 unspecified atom stereocenters. The van der Waals surface area contributed by atoms with Crippen molar-refractivity contribution in [3.05, 3.63) is 82.8 Å². The number of hydrogen-bond acceptors (Lipinski definition) is 8. The number of esters is 2.